The van der Waals surface area contributed by atoms with E-state index in [0.29, 0.717) is 12.5 Å². The van der Waals surface area contributed by atoms with Crippen LogP contribution >= 0.6 is 0 Å². The van der Waals surface area contributed by atoms with Crippen molar-refractivity contribution in [2.75, 3.05) is 20.6 Å². The van der Waals surface area contributed by atoms with Gasteiger partial charge in [-0.3, -0.25) is 4.79 Å². The number of guanidine groups is 1. The number of likely N-dealkylation sites (N-methyl/N-ethyl adjacent to an activating group) is 1. The van der Waals surface area contributed by atoms with Crippen molar-refractivity contribution in [2.45, 2.75) is 31.8 Å². The van der Waals surface area contributed by atoms with Crippen LogP contribution in [0.25, 0.3) is 0 Å². The van der Waals surface area contributed by atoms with Crippen LogP contribution in [0.4, 0.5) is 4.39 Å². The maximum atomic E-state index is 13.4. The van der Waals surface area contributed by atoms with Gasteiger partial charge in [0, 0.05) is 20.1 Å². The lowest BCUT2D eigenvalue weighted by molar-refractivity contribution is -0.127. The summed E-state index contributed by atoms with van der Waals surface area (Å²) in [6.07, 6.45) is 2.93. The van der Waals surface area contributed by atoms with Crippen molar-refractivity contribution >= 4 is 11.9 Å². The highest BCUT2D eigenvalue weighted by Crippen LogP contribution is 2.21. The topological polar surface area (TPSA) is 56.7 Å². The number of halogens is 1. The van der Waals surface area contributed by atoms with Crippen LogP contribution in [0, 0.1) is 5.82 Å². The third-order valence-corrected chi connectivity index (χ3v) is 4.90. The molecule has 28 heavy (non-hydrogen) atoms. The summed E-state index contributed by atoms with van der Waals surface area (Å²) in [5.41, 5.74) is 3.53. The lowest BCUT2D eigenvalue weighted by Gasteiger charge is -2.27. The summed E-state index contributed by atoms with van der Waals surface area (Å²) in [6, 6.07) is 15.1. The molecule has 0 radical (unpaired) electrons. The molecule has 6 heteroatoms. The SMILES string of the molecule is CN(C)C(=O)CNC(=NCc1cccc(F)c1)NC1CCc2ccccc2C1. The molecule has 0 saturated carbocycles. The number of rotatable bonds is 5. The van der Waals surface area contributed by atoms with Crippen LogP contribution in [0.3, 0.4) is 0 Å². The van der Waals surface area contributed by atoms with E-state index in [9.17, 15) is 9.18 Å². The van der Waals surface area contributed by atoms with Gasteiger partial charge in [0.1, 0.15) is 5.82 Å². The van der Waals surface area contributed by atoms with E-state index in [-0.39, 0.29) is 24.3 Å². The van der Waals surface area contributed by atoms with Crippen LogP contribution in [0.1, 0.15) is 23.1 Å². The summed E-state index contributed by atoms with van der Waals surface area (Å²) in [5.74, 6) is 0.264. The third-order valence-electron chi connectivity index (χ3n) is 4.90. The van der Waals surface area contributed by atoms with Crippen molar-refractivity contribution in [3.8, 4) is 0 Å². The zero-order valence-electron chi connectivity index (χ0n) is 16.4. The maximum Gasteiger partial charge on any atom is 0.241 e. The van der Waals surface area contributed by atoms with Gasteiger partial charge in [0.25, 0.3) is 0 Å². The molecule has 0 fully saturated rings. The van der Waals surface area contributed by atoms with Gasteiger partial charge in [0.05, 0.1) is 13.1 Å². The molecule has 0 bridgehead atoms. The lowest BCUT2D eigenvalue weighted by Crippen LogP contribution is -2.48. The molecule has 5 nitrogen and oxygen atoms in total. The number of aliphatic imine (C=N–C) groups is 1. The molecule has 1 aliphatic rings. The number of fused-ring (bicyclic) bond motifs is 1. The monoisotopic (exact) mass is 382 g/mol. The molecule has 2 aromatic rings. The number of carbonyl (C=O) groups excluding carboxylic acids is 1. The van der Waals surface area contributed by atoms with Gasteiger partial charge < -0.3 is 15.5 Å². The Morgan fingerprint density at radius 3 is 2.71 bits per heavy atom. The predicted molar refractivity (Wildman–Crippen MR) is 110 cm³/mol. The molecule has 0 spiro atoms. The van der Waals surface area contributed by atoms with Gasteiger partial charge in [-0.25, -0.2) is 9.38 Å². The van der Waals surface area contributed by atoms with Gasteiger partial charge in [-0.2, -0.15) is 0 Å². The molecular formula is C22H27FN4O. The van der Waals surface area contributed by atoms with E-state index in [4.69, 9.17) is 0 Å². The number of nitrogens with zero attached hydrogens (tertiary/aromatic N) is 2. The van der Waals surface area contributed by atoms with E-state index in [0.717, 1.165) is 24.8 Å². The van der Waals surface area contributed by atoms with Crippen molar-refractivity contribution < 1.29 is 9.18 Å². The van der Waals surface area contributed by atoms with Crippen molar-refractivity contribution in [3.05, 3.63) is 71.0 Å². The van der Waals surface area contributed by atoms with Gasteiger partial charge in [0.2, 0.25) is 5.91 Å². The Morgan fingerprint density at radius 2 is 1.96 bits per heavy atom. The third kappa shape index (κ3) is 5.55. The van der Waals surface area contributed by atoms with Crippen molar-refractivity contribution in [2.24, 2.45) is 4.99 Å². The minimum atomic E-state index is -0.276. The first-order chi connectivity index (χ1) is 13.5. The second-order valence-corrected chi connectivity index (χ2v) is 7.29. The van der Waals surface area contributed by atoms with E-state index < -0.39 is 0 Å². The standard InChI is InChI=1S/C22H27FN4O/c1-27(2)21(28)15-25-22(24-14-16-6-5-9-19(23)12-16)26-20-11-10-17-7-3-4-8-18(17)13-20/h3-9,12,20H,10-11,13-15H2,1-2H3,(H2,24,25,26). The summed E-state index contributed by atoms with van der Waals surface area (Å²) in [6.45, 7) is 0.498. The molecular weight excluding hydrogens is 355 g/mol. The molecule has 0 heterocycles. The molecule has 2 aromatic carbocycles. The highest BCUT2D eigenvalue weighted by molar-refractivity contribution is 5.86. The summed E-state index contributed by atoms with van der Waals surface area (Å²) in [4.78, 5) is 18.1. The molecule has 0 saturated heterocycles. The summed E-state index contributed by atoms with van der Waals surface area (Å²) < 4.78 is 13.4. The number of hydrogen-bond donors (Lipinski definition) is 2. The molecule has 0 aromatic heterocycles. The smallest absolute Gasteiger partial charge is 0.241 e. The van der Waals surface area contributed by atoms with E-state index in [2.05, 4.69) is 39.9 Å². The number of hydrogen-bond acceptors (Lipinski definition) is 2. The van der Waals surface area contributed by atoms with Crippen LogP contribution < -0.4 is 10.6 Å². The number of nitrogens with one attached hydrogen (secondary N) is 2. The Hall–Kier alpha value is -2.89. The fraction of sp³-hybridized carbons (Fsp3) is 0.364. The maximum absolute atomic E-state index is 13.4. The van der Waals surface area contributed by atoms with Gasteiger partial charge in [-0.05, 0) is 48.1 Å². The van der Waals surface area contributed by atoms with Gasteiger partial charge in [-0.15, -0.1) is 0 Å². The van der Waals surface area contributed by atoms with E-state index in [1.165, 1.54) is 28.2 Å². The molecule has 3 rings (SSSR count). The lowest BCUT2D eigenvalue weighted by atomic mass is 9.88. The summed E-state index contributed by atoms with van der Waals surface area (Å²) in [5, 5.41) is 6.56. The first kappa shape index (κ1) is 19.9. The second kappa shape index (κ2) is 9.35. The second-order valence-electron chi connectivity index (χ2n) is 7.29. The van der Waals surface area contributed by atoms with Crippen LogP contribution in [0.5, 0.6) is 0 Å². The number of carbonyl (C=O) groups is 1. The van der Waals surface area contributed by atoms with E-state index >= 15 is 0 Å². The molecule has 148 valence electrons. The molecule has 1 unspecified atom stereocenters. The largest absolute Gasteiger partial charge is 0.353 e. The zero-order chi connectivity index (χ0) is 19.9. The Kier molecular flexibility index (Phi) is 6.63. The van der Waals surface area contributed by atoms with Crippen LogP contribution in [0.2, 0.25) is 0 Å². The molecule has 0 aliphatic heterocycles. The van der Waals surface area contributed by atoms with Gasteiger partial charge in [-0.1, -0.05) is 36.4 Å². The molecule has 1 aliphatic carbocycles. The number of benzene rings is 2. The molecule has 1 atom stereocenters. The minimum absolute atomic E-state index is 0.0331. The number of aryl methyl sites for hydroxylation is 1. The van der Waals surface area contributed by atoms with Crippen molar-refractivity contribution in [3.63, 3.8) is 0 Å². The molecule has 2 N–H and O–H groups in total. The van der Waals surface area contributed by atoms with Gasteiger partial charge in [0.15, 0.2) is 5.96 Å². The van der Waals surface area contributed by atoms with Crippen molar-refractivity contribution in [1.82, 2.24) is 15.5 Å². The van der Waals surface area contributed by atoms with Crippen LogP contribution in [-0.4, -0.2) is 43.4 Å². The Morgan fingerprint density at radius 1 is 1.18 bits per heavy atom. The Labute approximate surface area is 165 Å². The quantitative estimate of drug-likeness (QED) is 0.617. The van der Waals surface area contributed by atoms with E-state index in [1.807, 2.05) is 6.07 Å². The Balaban J connectivity index is 1.68. The zero-order valence-corrected chi connectivity index (χ0v) is 16.4. The Bertz CT molecular complexity index is 850. The highest BCUT2D eigenvalue weighted by atomic mass is 19.1. The average molecular weight is 382 g/mol. The summed E-state index contributed by atoms with van der Waals surface area (Å²) >= 11 is 0. The molecule has 1 amide bonds. The first-order valence-electron chi connectivity index (χ1n) is 9.57. The van der Waals surface area contributed by atoms with Crippen LogP contribution in [-0.2, 0) is 24.2 Å². The van der Waals surface area contributed by atoms with Crippen LogP contribution in [0.15, 0.2) is 53.5 Å². The van der Waals surface area contributed by atoms with Crippen molar-refractivity contribution in [1.29, 1.82) is 0 Å². The van der Waals surface area contributed by atoms with Gasteiger partial charge >= 0.3 is 0 Å². The fourth-order valence-corrected chi connectivity index (χ4v) is 3.29. The highest BCUT2D eigenvalue weighted by Gasteiger charge is 2.19. The summed E-state index contributed by atoms with van der Waals surface area (Å²) in [7, 11) is 3.44. The minimum Gasteiger partial charge on any atom is -0.353 e. The van der Waals surface area contributed by atoms with E-state index in [1.54, 1.807) is 20.2 Å². The fourth-order valence-electron chi connectivity index (χ4n) is 3.29. The normalized spacial score (nSPS) is 16.2. The number of amides is 1. The average Bonchev–Trinajstić information content (AvgIpc) is 2.69. The predicted octanol–water partition coefficient (Wildman–Crippen LogP) is 2.51. The first-order valence-corrected chi connectivity index (χ1v) is 9.57.